The Labute approximate surface area is 106 Å². The summed E-state index contributed by atoms with van der Waals surface area (Å²) in [6, 6.07) is 1.01. The Balaban J connectivity index is 1.98. The molecule has 0 radical (unpaired) electrons. The molecule has 1 saturated heterocycles. The van der Waals surface area contributed by atoms with Crippen LogP contribution in [0.25, 0.3) is 0 Å². The van der Waals surface area contributed by atoms with Crippen LogP contribution in [0, 0.1) is 0 Å². The molecule has 1 aliphatic carbocycles. The van der Waals surface area contributed by atoms with Crippen molar-refractivity contribution in [2.75, 3.05) is 19.7 Å². The largest absolute Gasteiger partial charge is 0.395 e. The van der Waals surface area contributed by atoms with Crippen LogP contribution in [0.3, 0.4) is 0 Å². The van der Waals surface area contributed by atoms with Gasteiger partial charge in [0.1, 0.15) is 0 Å². The highest BCUT2D eigenvalue weighted by Gasteiger charge is 2.34. The summed E-state index contributed by atoms with van der Waals surface area (Å²) in [5.74, 6) is 0. The molecule has 2 aliphatic rings. The van der Waals surface area contributed by atoms with Crippen LogP contribution in [0.15, 0.2) is 0 Å². The zero-order chi connectivity index (χ0) is 12.3. The van der Waals surface area contributed by atoms with Gasteiger partial charge in [-0.2, -0.15) is 0 Å². The molecule has 3 nitrogen and oxygen atoms in total. The van der Waals surface area contributed by atoms with Crippen LogP contribution in [-0.4, -0.2) is 47.3 Å². The van der Waals surface area contributed by atoms with E-state index in [0.717, 1.165) is 19.1 Å². The first-order valence-electron chi connectivity index (χ1n) is 7.23. The van der Waals surface area contributed by atoms with Gasteiger partial charge in [0.2, 0.25) is 0 Å². The van der Waals surface area contributed by atoms with E-state index >= 15 is 0 Å². The predicted molar refractivity (Wildman–Crippen MR) is 71.2 cm³/mol. The molecule has 2 rings (SSSR count). The van der Waals surface area contributed by atoms with Crippen molar-refractivity contribution < 1.29 is 5.11 Å². The first kappa shape index (κ1) is 13.3. The Bertz CT molecular complexity index is 234. The van der Waals surface area contributed by atoms with Crippen molar-refractivity contribution in [2.45, 2.75) is 70.0 Å². The summed E-state index contributed by atoms with van der Waals surface area (Å²) in [6.07, 6.45) is 8.31. The quantitative estimate of drug-likeness (QED) is 0.722. The smallest absolute Gasteiger partial charge is 0.0597 e. The monoisotopic (exact) mass is 240 g/mol. The van der Waals surface area contributed by atoms with Gasteiger partial charge in [-0.3, -0.25) is 4.90 Å². The highest BCUT2D eigenvalue weighted by Crippen LogP contribution is 2.25. The number of aliphatic hydroxyl groups excluding tert-OH is 1. The van der Waals surface area contributed by atoms with E-state index in [9.17, 15) is 5.11 Å². The predicted octanol–water partition coefficient (Wildman–Crippen LogP) is 1.75. The molecular weight excluding hydrogens is 212 g/mol. The summed E-state index contributed by atoms with van der Waals surface area (Å²) in [5.41, 5.74) is 0.137. The van der Waals surface area contributed by atoms with Crippen molar-refractivity contribution in [1.29, 1.82) is 0 Å². The van der Waals surface area contributed by atoms with E-state index in [4.69, 9.17) is 0 Å². The second kappa shape index (κ2) is 5.68. The average Bonchev–Trinajstić information content (AvgIpc) is 2.55. The second-order valence-corrected chi connectivity index (χ2v) is 6.48. The van der Waals surface area contributed by atoms with E-state index < -0.39 is 0 Å². The van der Waals surface area contributed by atoms with E-state index in [-0.39, 0.29) is 18.2 Å². The maximum atomic E-state index is 9.41. The molecule has 3 heteroatoms. The topological polar surface area (TPSA) is 35.5 Å². The maximum Gasteiger partial charge on any atom is 0.0597 e. The molecule has 0 amide bonds. The Morgan fingerprint density at radius 1 is 1.18 bits per heavy atom. The van der Waals surface area contributed by atoms with Crippen LogP contribution in [0.4, 0.5) is 0 Å². The van der Waals surface area contributed by atoms with E-state index in [2.05, 4.69) is 24.1 Å². The minimum absolute atomic E-state index is 0.137. The van der Waals surface area contributed by atoms with Gasteiger partial charge < -0.3 is 10.4 Å². The molecule has 0 bridgehead atoms. The number of rotatable bonds is 2. The van der Waals surface area contributed by atoms with E-state index in [1.807, 2.05) is 0 Å². The van der Waals surface area contributed by atoms with Crippen molar-refractivity contribution >= 4 is 0 Å². The molecule has 1 unspecified atom stereocenters. The molecule has 2 N–H and O–H groups in total. The maximum absolute atomic E-state index is 9.41. The zero-order valence-electron chi connectivity index (χ0n) is 11.4. The number of aliphatic hydroxyl groups is 1. The summed E-state index contributed by atoms with van der Waals surface area (Å²) in [5, 5.41) is 12.9. The van der Waals surface area contributed by atoms with E-state index in [0.29, 0.717) is 0 Å². The Kier molecular flexibility index (Phi) is 4.45. The van der Waals surface area contributed by atoms with Crippen molar-refractivity contribution in [2.24, 2.45) is 0 Å². The van der Waals surface area contributed by atoms with Gasteiger partial charge in [0.25, 0.3) is 0 Å². The summed E-state index contributed by atoms with van der Waals surface area (Å²) >= 11 is 0. The standard InChI is InChI=1S/C14H28N2O/c1-14(2)11-16(9-12(10-17)15-14)13-7-5-3-4-6-8-13/h12-13,15,17H,3-11H2,1-2H3. The van der Waals surface area contributed by atoms with Gasteiger partial charge in [0.05, 0.1) is 6.61 Å². The molecule has 1 saturated carbocycles. The van der Waals surface area contributed by atoms with Gasteiger partial charge in [0, 0.05) is 30.7 Å². The van der Waals surface area contributed by atoms with Crippen LogP contribution in [0.2, 0.25) is 0 Å². The van der Waals surface area contributed by atoms with Crippen LogP contribution in [0.5, 0.6) is 0 Å². The molecule has 17 heavy (non-hydrogen) atoms. The first-order valence-corrected chi connectivity index (χ1v) is 7.23. The van der Waals surface area contributed by atoms with Crippen molar-refractivity contribution in [3.8, 4) is 0 Å². The van der Waals surface area contributed by atoms with Gasteiger partial charge in [-0.05, 0) is 26.7 Å². The SMILES string of the molecule is CC1(C)CN(C2CCCCCC2)CC(CO)N1. The van der Waals surface area contributed by atoms with Crippen molar-refractivity contribution in [3.63, 3.8) is 0 Å². The van der Waals surface area contributed by atoms with Gasteiger partial charge >= 0.3 is 0 Å². The molecule has 2 fully saturated rings. The van der Waals surface area contributed by atoms with Crippen molar-refractivity contribution in [3.05, 3.63) is 0 Å². The lowest BCUT2D eigenvalue weighted by Crippen LogP contribution is -2.64. The molecular formula is C14H28N2O. The van der Waals surface area contributed by atoms with Gasteiger partial charge in [0.15, 0.2) is 0 Å². The Morgan fingerprint density at radius 2 is 1.82 bits per heavy atom. The lowest BCUT2D eigenvalue weighted by molar-refractivity contribution is 0.0513. The first-order chi connectivity index (χ1) is 8.11. The third kappa shape index (κ3) is 3.67. The number of hydrogen-bond acceptors (Lipinski definition) is 3. The normalized spacial score (nSPS) is 32.3. The lowest BCUT2D eigenvalue weighted by atomic mass is 9.95. The second-order valence-electron chi connectivity index (χ2n) is 6.48. The lowest BCUT2D eigenvalue weighted by Gasteiger charge is -2.46. The third-order valence-corrected chi connectivity index (χ3v) is 4.21. The fourth-order valence-corrected chi connectivity index (χ4v) is 3.50. The number of nitrogens with one attached hydrogen (secondary N) is 1. The summed E-state index contributed by atoms with van der Waals surface area (Å²) in [7, 11) is 0. The van der Waals surface area contributed by atoms with Crippen molar-refractivity contribution in [1.82, 2.24) is 10.2 Å². The minimum atomic E-state index is 0.137. The van der Waals surface area contributed by atoms with Gasteiger partial charge in [-0.15, -0.1) is 0 Å². The average molecular weight is 240 g/mol. The molecule has 0 aromatic heterocycles. The molecule has 0 spiro atoms. The minimum Gasteiger partial charge on any atom is -0.395 e. The summed E-state index contributed by atoms with van der Waals surface area (Å²) < 4.78 is 0. The van der Waals surface area contributed by atoms with Gasteiger partial charge in [-0.25, -0.2) is 0 Å². The molecule has 1 atom stereocenters. The van der Waals surface area contributed by atoms with E-state index in [1.54, 1.807) is 0 Å². The fourth-order valence-electron chi connectivity index (χ4n) is 3.50. The number of nitrogens with zero attached hydrogens (tertiary/aromatic N) is 1. The van der Waals surface area contributed by atoms with Crippen LogP contribution in [-0.2, 0) is 0 Å². The highest BCUT2D eigenvalue weighted by molar-refractivity contribution is 4.94. The highest BCUT2D eigenvalue weighted by atomic mass is 16.3. The molecule has 0 aromatic carbocycles. The molecule has 1 aliphatic heterocycles. The van der Waals surface area contributed by atoms with E-state index in [1.165, 1.54) is 38.5 Å². The van der Waals surface area contributed by atoms with Crippen LogP contribution < -0.4 is 5.32 Å². The molecule has 0 aromatic rings. The summed E-state index contributed by atoms with van der Waals surface area (Å²) in [6.45, 7) is 6.89. The third-order valence-electron chi connectivity index (χ3n) is 4.21. The number of piperazine rings is 1. The summed E-state index contributed by atoms with van der Waals surface area (Å²) in [4.78, 5) is 2.63. The number of hydrogen-bond donors (Lipinski definition) is 2. The fraction of sp³-hybridized carbons (Fsp3) is 1.00. The molecule has 1 heterocycles. The Hall–Kier alpha value is -0.120. The van der Waals surface area contributed by atoms with Crippen LogP contribution in [0.1, 0.15) is 52.4 Å². The van der Waals surface area contributed by atoms with Gasteiger partial charge in [-0.1, -0.05) is 25.7 Å². The molecule has 100 valence electrons. The van der Waals surface area contributed by atoms with Crippen LogP contribution >= 0.6 is 0 Å². The Morgan fingerprint density at radius 3 is 2.41 bits per heavy atom. The zero-order valence-corrected chi connectivity index (χ0v) is 11.4.